The average Bonchev–Trinajstić information content (AvgIpc) is 2.00. The molecule has 0 aromatic carbocycles. The first-order chi connectivity index (χ1) is 7.47. The standard InChI is InChI=1S/C2H3F3.3CHFO2/c3-1-2(4)5;3*2-1(3)4/h2H,1H2;3*(H,3,4). The minimum absolute atomic E-state index is 1.53. The third kappa shape index (κ3) is 20100000. The second kappa shape index (κ2) is 19.5. The molecular formula is C5H6F6O6. The molecule has 0 atom stereocenters. The molecule has 0 aromatic heterocycles. The van der Waals surface area contributed by atoms with E-state index >= 15 is 0 Å². The summed E-state index contributed by atoms with van der Waals surface area (Å²) in [6.45, 7) is -1.53. The SMILES string of the molecule is FCC(F)F.O=C(O)F.O=C(O)F.O=C(O)F. The van der Waals surface area contributed by atoms with E-state index in [1.54, 1.807) is 0 Å². The Balaban J connectivity index is -0.0000000667. The van der Waals surface area contributed by atoms with Gasteiger partial charge in [0.25, 0.3) is 6.43 Å². The van der Waals surface area contributed by atoms with Crippen LogP contribution in [0.1, 0.15) is 0 Å². The van der Waals surface area contributed by atoms with Crippen LogP contribution in [0.3, 0.4) is 0 Å². The molecule has 0 bridgehead atoms. The maximum Gasteiger partial charge on any atom is 0.492 e. The molecule has 0 spiro atoms. The van der Waals surface area contributed by atoms with Crippen molar-refractivity contribution in [2.75, 3.05) is 6.67 Å². The fourth-order valence-electron chi connectivity index (χ4n) is 0. The van der Waals surface area contributed by atoms with Crippen LogP contribution in [-0.2, 0) is 0 Å². The Morgan fingerprint density at radius 2 is 0.882 bits per heavy atom. The highest BCUT2D eigenvalue weighted by Gasteiger charge is 1.95. The van der Waals surface area contributed by atoms with E-state index in [9.17, 15) is 26.3 Å². The Morgan fingerprint density at radius 1 is 0.824 bits per heavy atom. The van der Waals surface area contributed by atoms with E-state index in [0.717, 1.165) is 0 Å². The number of carboxylic acid groups (broad SMARTS) is 3. The molecule has 17 heavy (non-hydrogen) atoms. The lowest BCUT2D eigenvalue weighted by Gasteiger charge is -1.78. The molecule has 12 heteroatoms. The minimum Gasteiger partial charge on any atom is -0.456 e. The van der Waals surface area contributed by atoms with Crippen LogP contribution in [0.5, 0.6) is 0 Å². The van der Waals surface area contributed by atoms with Crippen LogP contribution in [-0.4, -0.2) is 47.1 Å². The number of alkyl halides is 3. The Hall–Kier alpha value is -2.01. The first-order valence-corrected chi connectivity index (χ1v) is 2.96. The summed E-state index contributed by atoms with van der Waals surface area (Å²) in [5.41, 5.74) is 0. The summed E-state index contributed by atoms with van der Waals surface area (Å²) >= 11 is 0. The molecule has 0 aromatic rings. The topological polar surface area (TPSA) is 112 Å². The molecule has 0 aliphatic rings. The van der Waals surface area contributed by atoms with Crippen molar-refractivity contribution < 1.29 is 56.0 Å². The van der Waals surface area contributed by atoms with Crippen LogP contribution in [0, 0.1) is 0 Å². The molecule has 0 radical (unpaired) electrons. The van der Waals surface area contributed by atoms with Gasteiger partial charge in [-0.05, 0) is 0 Å². The summed E-state index contributed by atoms with van der Waals surface area (Å²) in [5.74, 6) is 0. The summed E-state index contributed by atoms with van der Waals surface area (Å²) in [6, 6.07) is 0. The zero-order valence-corrected chi connectivity index (χ0v) is 7.62. The van der Waals surface area contributed by atoms with E-state index < -0.39 is 31.8 Å². The molecule has 104 valence electrons. The van der Waals surface area contributed by atoms with Crippen molar-refractivity contribution in [1.29, 1.82) is 0 Å². The molecule has 0 aliphatic carbocycles. The van der Waals surface area contributed by atoms with Crippen LogP contribution >= 0.6 is 0 Å². The third-order valence-electron chi connectivity index (χ3n) is 0.117. The second-order valence-electron chi connectivity index (χ2n) is 1.30. The maximum atomic E-state index is 10.4. The first kappa shape index (κ1) is 24.3. The van der Waals surface area contributed by atoms with Gasteiger partial charge < -0.3 is 15.3 Å². The lowest BCUT2D eigenvalue weighted by molar-refractivity contribution is 0.113. The normalized spacial score (nSPS) is 7.24. The van der Waals surface area contributed by atoms with Crippen molar-refractivity contribution in [2.24, 2.45) is 0 Å². The predicted octanol–water partition coefficient (Wildman–Crippen LogP) is 3.12. The second-order valence-corrected chi connectivity index (χ2v) is 1.30. The number of rotatable bonds is 1. The van der Waals surface area contributed by atoms with Crippen molar-refractivity contribution in [1.82, 2.24) is 0 Å². The molecule has 0 unspecified atom stereocenters. The van der Waals surface area contributed by atoms with Gasteiger partial charge in [0.1, 0.15) is 0 Å². The van der Waals surface area contributed by atoms with E-state index in [2.05, 4.69) is 0 Å². The highest BCUT2D eigenvalue weighted by molar-refractivity contribution is 5.55. The van der Waals surface area contributed by atoms with E-state index in [0.29, 0.717) is 0 Å². The Morgan fingerprint density at radius 3 is 0.882 bits per heavy atom. The summed E-state index contributed by atoms with van der Waals surface area (Å²) in [5, 5.41) is 20.2. The molecule has 0 heterocycles. The maximum absolute atomic E-state index is 10.4. The van der Waals surface area contributed by atoms with Gasteiger partial charge in [-0.15, -0.1) is 13.2 Å². The quantitative estimate of drug-likeness (QED) is 0.501. The summed E-state index contributed by atoms with van der Waals surface area (Å²) in [6.07, 6.45) is -9.78. The van der Waals surface area contributed by atoms with Crippen LogP contribution in [0.2, 0.25) is 0 Å². The molecule has 0 amide bonds. The van der Waals surface area contributed by atoms with Gasteiger partial charge in [-0.25, -0.2) is 27.6 Å². The smallest absolute Gasteiger partial charge is 0.456 e. The Bertz CT molecular complexity index is 169. The lowest BCUT2D eigenvalue weighted by Crippen LogP contribution is -1.88. The molecule has 0 saturated heterocycles. The number of halogens is 6. The number of carbonyl (C=O) groups is 3. The molecule has 0 aliphatic heterocycles. The molecule has 6 nitrogen and oxygen atoms in total. The molecule has 0 saturated carbocycles. The van der Waals surface area contributed by atoms with Gasteiger partial charge in [0.2, 0.25) is 0 Å². The zero-order chi connectivity index (χ0) is 15.0. The van der Waals surface area contributed by atoms with E-state index in [1.807, 2.05) is 0 Å². The van der Waals surface area contributed by atoms with E-state index in [1.165, 1.54) is 0 Å². The van der Waals surface area contributed by atoms with Gasteiger partial charge in [0.15, 0.2) is 6.67 Å². The van der Waals surface area contributed by atoms with Gasteiger partial charge in [0, 0.05) is 0 Å². The van der Waals surface area contributed by atoms with Crippen molar-refractivity contribution in [3.63, 3.8) is 0 Å². The van der Waals surface area contributed by atoms with Crippen molar-refractivity contribution in [3.8, 4) is 0 Å². The lowest BCUT2D eigenvalue weighted by atomic mass is 10.8. The van der Waals surface area contributed by atoms with Crippen LogP contribution in [0.15, 0.2) is 0 Å². The van der Waals surface area contributed by atoms with Crippen molar-refractivity contribution >= 4 is 18.7 Å². The van der Waals surface area contributed by atoms with E-state index in [-0.39, 0.29) is 0 Å². The Kier molecular flexibility index (Phi) is 27.9. The van der Waals surface area contributed by atoms with Crippen LogP contribution in [0.4, 0.5) is 40.7 Å². The van der Waals surface area contributed by atoms with Crippen molar-refractivity contribution in [3.05, 3.63) is 0 Å². The van der Waals surface area contributed by atoms with Gasteiger partial charge in [-0.1, -0.05) is 0 Å². The minimum atomic E-state index is -2.78. The Labute approximate surface area is 89.1 Å². The van der Waals surface area contributed by atoms with Crippen LogP contribution < -0.4 is 0 Å². The van der Waals surface area contributed by atoms with E-state index in [4.69, 9.17) is 29.7 Å². The van der Waals surface area contributed by atoms with Crippen molar-refractivity contribution in [2.45, 2.75) is 6.43 Å². The van der Waals surface area contributed by atoms with Crippen LogP contribution in [0.25, 0.3) is 0 Å². The fourth-order valence-corrected chi connectivity index (χ4v) is 0. The first-order valence-electron chi connectivity index (χ1n) is 2.96. The summed E-state index contributed by atoms with van der Waals surface area (Å²) in [4.78, 5) is 25.0. The zero-order valence-electron chi connectivity index (χ0n) is 7.62. The number of hydrogen-bond acceptors (Lipinski definition) is 3. The van der Waals surface area contributed by atoms with Gasteiger partial charge in [-0.2, -0.15) is 0 Å². The predicted molar refractivity (Wildman–Crippen MR) is 39.4 cm³/mol. The van der Waals surface area contributed by atoms with Gasteiger partial charge in [0.05, 0.1) is 0 Å². The molecule has 0 rings (SSSR count). The molecular weight excluding hydrogens is 270 g/mol. The van der Waals surface area contributed by atoms with Gasteiger partial charge in [-0.3, -0.25) is 0 Å². The average molecular weight is 276 g/mol. The molecule has 3 N–H and O–H groups in total. The fraction of sp³-hybridized carbons (Fsp3) is 0.400. The molecule has 0 fully saturated rings. The summed E-state index contributed by atoms with van der Waals surface area (Å²) < 4.78 is 60.9. The number of hydrogen-bond donors (Lipinski definition) is 3. The summed E-state index contributed by atoms with van der Waals surface area (Å²) in [7, 11) is 0. The monoisotopic (exact) mass is 276 g/mol. The van der Waals surface area contributed by atoms with Gasteiger partial charge >= 0.3 is 18.7 Å². The highest BCUT2D eigenvalue weighted by atomic mass is 19.3. The third-order valence-corrected chi connectivity index (χ3v) is 0.117. The largest absolute Gasteiger partial charge is 0.492 e. The highest BCUT2D eigenvalue weighted by Crippen LogP contribution is 1.88.